The molecule has 0 saturated heterocycles. The fourth-order valence-corrected chi connectivity index (χ4v) is 1.51. The molecule has 0 aliphatic carbocycles. The minimum atomic E-state index is -0.764. The number of aliphatic hydroxyl groups excluding tert-OH is 1. The highest BCUT2D eigenvalue weighted by Gasteiger charge is 2.13. The quantitative estimate of drug-likeness (QED) is 0.773. The third-order valence-corrected chi connectivity index (χ3v) is 2.18. The Morgan fingerprint density at radius 3 is 2.85 bits per heavy atom. The zero-order chi connectivity index (χ0) is 9.10. The van der Waals surface area contributed by atoms with Gasteiger partial charge in [-0.15, -0.1) is 0 Å². The van der Waals surface area contributed by atoms with Gasteiger partial charge in [-0.05, 0) is 17.6 Å². The van der Waals surface area contributed by atoms with Crippen molar-refractivity contribution in [3.8, 4) is 0 Å². The summed E-state index contributed by atoms with van der Waals surface area (Å²) in [4.78, 5) is 7.86. The number of rotatable bonds is 2. The van der Waals surface area contributed by atoms with Crippen LogP contribution < -0.4 is 0 Å². The van der Waals surface area contributed by atoms with E-state index in [9.17, 15) is 5.11 Å². The Morgan fingerprint density at radius 1 is 1.31 bits per heavy atom. The summed E-state index contributed by atoms with van der Waals surface area (Å²) in [5, 5.41) is 11.5. The van der Waals surface area contributed by atoms with E-state index in [0.29, 0.717) is 11.4 Å². The van der Waals surface area contributed by atoms with E-state index in [0.717, 1.165) is 0 Å². The lowest BCUT2D eigenvalue weighted by atomic mass is 10.2. The second-order valence-electron chi connectivity index (χ2n) is 2.46. The highest BCUT2D eigenvalue weighted by atomic mass is 32.1. The fraction of sp³-hybridized carbons (Fsp3) is 0.125. The van der Waals surface area contributed by atoms with Gasteiger partial charge in [0.05, 0.1) is 17.6 Å². The summed E-state index contributed by atoms with van der Waals surface area (Å²) in [6, 6.07) is 1.77. The van der Waals surface area contributed by atoms with Crippen LogP contribution in [0.15, 0.2) is 30.0 Å². The van der Waals surface area contributed by atoms with Gasteiger partial charge < -0.3 is 5.11 Å². The molecule has 0 aliphatic rings. The molecule has 0 fully saturated rings. The summed E-state index contributed by atoms with van der Waals surface area (Å²) in [7, 11) is 0. The highest BCUT2D eigenvalue weighted by Crippen LogP contribution is 2.17. The van der Waals surface area contributed by atoms with Crippen LogP contribution in [0.4, 0.5) is 0 Å². The smallest absolute Gasteiger partial charge is 0.140 e. The first-order chi connectivity index (χ1) is 6.38. The van der Waals surface area contributed by atoms with Crippen molar-refractivity contribution in [3.63, 3.8) is 0 Å². The van der Waals surface area contributed by atoms with Gasteiger partial charge in [-0.25, -0.2) is 0 Å². The van der Waals surface area contributed by atoms with Crippen molar-refractivity contribution in [1.82, 2.24) is 14.3 Å². The van der Waals surface area contributed by atoms with Crippen molar-refractivity contribution in [2.45, 2.75) is 6.10 Å². The zero-order valence-electron chi connectivity index (χ0n) is 6.66. The van der Waals surface area contributed by atoms with Crippen molar-refractivity contribution < 1.29 is 5.11 Å². The molecule has 2 aromatic heterocycles. The molecule has 0 radical (unpaired) electrons. The highest BCUT2D eigenvalue weighted by molar-refractivity contribution is 7.03. The summed E-state index contributed by atoms with van der Waals surface area (Å²) in [5.41, 5.74) is 1.14. The van der Waals surface area contributed by atoms with E-state index in [1.165, 1.54) is 17.7 Å². The first-order valence-electron chi connectivity index (χ1n) is 3.72. The summed E-state index contributed by atoms with van der Waals surface area (Å²) in [6.07, 6.45) is 3.88. The van der Waals surface area contributed by atoms with E-state index in [-0.39, 0.29) is 0 Å². The maximum atomic E-state index is 9.72. The standard InChI is InChI=1S/C8H7N3OS/c12-8(6-1-4-13-11-6)7-5-9-2-3-10-7/h1-5,8,12H. The summed E-state index contributed by atoms with van der Waals surface area (Å²) in [5.74, 6) is 0. The summed E-state index contributed by atoms with van der Waals surface area (Å²) < 4.78 is 4.02. The third-order valence-electron chi connectivity index (χ3n) is 1.60. The van der Waals surface area contributed by atoms with Gasteiger partial charge in [0, 0.05) is 17.8 Å². The Hall–Kier alpha value is -1.33. The Labute approximate surface area is 79.1 Å². The van der Waals surface area contributed by atoms with Gasteiger partial charge in [-0.2, -0.15) is 4.37 Å². The zero-order valence-corrected chi connectivity index (χ0v) is 7.48. The van der Waals surface area contributed by atoms with E-state index < -0.39 is 6.10 Å². The van der Waals surface area contributed by atoms with E-state index >= 15 is 0 Å². The maximum Gasteiger partial charge on any atom is 0.140 e. The molecule has 0 spiro atoms. The summed E-state index contributed by atoms with van der Waals surface area (Å²) >= 11 is 1.30. The molecule has 0 amide bonds. The normalized spacial score (nSPS) is 12.7. The molecule has 66 valence electrons. The number of hydrogen-bond acceptors (Lipinski definition) is 5. The number of hydrogen-bond donors (Lipinski definition) is 1. The Morgan fingerprint density at radius 2 is 2.23 bits per heavy atom. The second-order valence-corrected chi connectivity index (χ2v) is 3.12. The molecule has 13 heavy (non-hydrogen) atoms. The molecule has 1 unspecified atom stereocenters. The van der Waals surface area contributed by atoms with E-state index in [1.54, 1.807) is 18.5 Å². The van der Waals surface area contributed by atoms with Crippen molar-refractivity contribution in [3.05, 3.63) is 41.4 Å². The topological polar surface area (TPSA) is 58.9 Å². The molecular formula is C8H7N3OS. The molecule has 2 aromatic rings. The van der Waals surface area contributed by atoms with Crippen LogP contribution in [0.2, 0.25) is 0 Å². The Kier molecular flexibility index (Phi) is 2.29. The van der Waals surface area contributed by atoms with Gasteiger partial charge in [0.2, 0.25) is 0 Å². The molecule has 2 rings (SSSR count). The monoisotopic (exact) mass is 193 g/mol. The van der Waals surface area contributed by atoms with Crippen molar-refractivity contribution >= 4 is 11.5 Å². The van der Waals surface area contributed by atoms with Crippen molar-refractivity contribution in [2.75, 3.05) is 0 Å². The minimum absolute atomic E-state index is 0.522. The molecule has 0 bridgehead atoms. The van der Waals surface area contributed by atoms with Gasteiger partial charge >= 0.3 is 0 Å². The van der Waals surface area contributed by atoms with E-state index in [4.69, 9.17) is 0 Å². The van der Waals surface area contributed by atoms with Gasteiger partial charge in [0.15, 0.2) is 0 Å². The van der Waals surface area contributed by atoms with Crippen molar-refractivity contribution in [1.29, 1.82) is 0 Å². The van der Waals surface area contributed by atoms with Crippen LogP contribution >= 0.6 is 11.5 Å². The largest absolute Gasteiger partial charge is 0.380 e. The molecule has 0 saturated carbocycles. The average molecular weight is 193 g/mol. The van der Waals surface area contributed by atoms with Gasteiger partial charge in [-0.3, -0.25) is 9.97 Å². The predicted octanol–water partition coefficient (Wildman–Crippen LogP) is 1.01. The van der Waals surface area contributed by atoms with Crippen LogP contribution in [0, 0.1) is 0 Å². The molecular weight excluding hydrogens is 186 g/mol. The lowest BCUT2D eigenvalue weighted by Crippen LogP contribution is -2.02. The number of aliphatic hydroxyl groups is 1. The number of nitrogens with zero attached hydrogens (tertiary/aromatic N) is 3. The lowest BCUT2D eigenvalue weighted by molar-refractivity contribution is 0.211. The maximum absolute atomic E-state index is 9.72. The first-order valence-corrected chi connectivity index (χ1v) is 4.56. The predicted molar refractivity (Wildman–Crippen MR) is 48.2 cm³/mol. The van der Waals surface area contributed by atoms with E-state index in [2.05, 4.69) is 14.3 Å². The van der Waals surface area contributed by atoms with Crippen LogP contribution in [0.3, 0.4) is 0 Å². The second kappa shape index (κ2) is 3.59. The summed E-state index contributed by atoms with van der Waals surface area (Å²) in [6.45, 7) is 0. The van der Waals surface area contributed by atoms with Crippen LogP contribution in [0.5, 0.6) is 0 Å². The molecule has 1 N–H and O–H groups in total. The molecule has 4 nitrogen and oxygen atoms in total. The number of aromatic nitrogens is 3. The molecule has 0 aromatic carbocycles. The Bertz CT molecular complexity index is 362. The molecule has 2 heterocycles. The van der Waals surface area contributed by atoms with Crippen molar-refractivity contribution in [2.24, 2.45) is 0 Å². The average Bonchev–Trinajstić information content (AvgIpc) is 2.71. The first kappa shape index (κ1) is 8.28. The molecule has 5 heteroatoms. The van der Waals surface area contributed by atoms with Gasteiger partial charge in [-0.1, -0.05) is 0 Å². The third kappa shape index (κ3) is 1.71. The van der Waals surface area contributed by atoms with Gasteiger partial charge in [0.25, 0.3) is 0 Å². The SMILES string of the molecule is OC(c1cnccn1)c1ccsn1. The van der Waals surface area contributed by atoms with Crippen LogP contribution in [-0.2, 0) is 0 Å². The van der Waals surface area contributed by atoms with Crippen LogP contribution in [-0.4, -0.2) is 19.4 Å². The fourth-order valence-electron chi connectivity index (χ4n) is 0.966. The molecule has 1 atom stereocenters. The minimum Gasteiger partial charge on any atom is -0.380 e. The Balaban J connectivity index is 2.29. The van der Waals surface area contributed by atoms with Crippen LogP contribution in [0.25, 0.3) is 0 Å². The lowest BCUT2D eigenvalue weighted by Gasteiger charge is -2.04. The van der Waals surface area contributed by atoms with Gasteiger partial charge in [0.1, 0.15) is 6.10 Å². The van der Waals surface area contributed by atoms with E-state index in [1.807, 2.05) is 5.38 Å². The molecule has 0 aliphatic heterocycles. The van der Waals surface area contributed by atoms with Crippen LogP contribution in [0.1, 0.15) is 17.5 Å².